The van der Waals surface area contributed by atoms with Crippen LogP contribution in [0.25, 0.3) is 5.65 Å². The van der Waals surface area contributed by atoms with Crippen molar-refractivity contribution in [3.8, 4) is 0 Å². The Labute approximate surface area is 72.8 Å². The van der Waals surface area contributed by atoms with Crippen LogP contribution in [0.3, 0.4) is 0 Å². The van der Waals surface area contributed by atoms with Gasteiger partial charge in [0.05, 0.1) is 0 Å². The topological polar surface area (TPSA) is 50.2 Å². The Morgan fingerprint density at radius 3 is 3.17 bits per heavy atom. The molecule has 0 atom stereocenters. The number of nitrogens with one attached hydrogen (secondary N) is 1. The third-order valence-corrected chi connectivity index (χ3v) is 2.09. The fourth-order valence-electron chi connectivity index (χ4n) is 1.03. The van der Waals surface area contributed by atoms with Gasteiger partial charge in [-0.25, -0.2) is 9.89 Å². The summed E-state index contributed by atoms with van der Waals surface area (Å²) in [6, 6.07) is 1.65. The molecular weight excluding hydrogens is 178 g/mol. The number of H-pyrrole nitrogens is 1. The predicted octanol–water partition coefficient (Wildman–Crippen LogP) is 0.984. The summed E-state index contributed by atoms with van der Waals surface area (Å²) < 4.78 is 1.42. The number of hydrogen-bond donors (Lipinski definition) is 1. The maximum Gasteiger partial charge on any atom is 0.347 e. The van der Waals surface area contributed by atoms with Gasteiger partial charge < -0.3 is 0 Å². The number of aromatic amines is 1. The summed E-state index contributed by atoms with van der Waals surface area (Å²) in [6.45, 7) is 1.83. The molecule has 0 amide bonds. The molecule has 2 aromatic rings. The zero-order chi connectivity index (χ0) is 8.72. The van der Waals surface area contributed by atoms with E-state index in [1.165, 1.54) is 4.40 Å². The van der Waals surface area contributed by atoms with Crippen molar-refractivity contribution in [2.24, 2.45) is 0 Å². The first kappa shape index (κ1) is 7.36. The van der Waals surface area contributed by atoms with Gasteiger partial charge in [-0.15, -0.1) is 0 Å². The lowest BCUT2D eigenvalue weighted by Crippen LogP contribution is -2.08. The minimum atomic E-state index is -0.246. The van der Waals surface area contributed by atoms with E-state index in [1.54, 1.807) is 12.3 Å². The first-order chi connectivity index (χ1) is 5.68. The van der Waals surface area contributed by atoms with Gasteiger partial charge in [-0.1, -0.05) is 11.6 Å². The quantitative estimate of drug-likeness (QED) is 0.662. The smallest absolute Gasteiger partial charge is 0.250 e. The first-order valence-corrected chi connectivity index (χ1v) is 3.79. The van der Waals surface area contributed by atoms with Crippen molar-refractivity contribution in [3.63, 3.8) is 0 Å². The number of fused-ring (bicyclic) bond motifs is 1. The third-order valence-electron chi connectivity index (χ3n) is 1.69. The molecule has 0 spiro atoms. The highest BCUT2D eigenvalue weighted by Crippen LogP contribution is 2.14. The summed E-state index contributed by atoms with van der Waals surface area (Å²) >= 11 is 5.83. The molecule has 1 N–H and O–H groups in total. The molecule has 2 aromatic heterocycles. The molecule has 5 heteroatoms. The molecule has 2 rings (SSSR count). The zero-order valence-corrected chi connectivity index (χ0v) is 7.09. The minimum absolute atomic E-state index is 0.246. The Kier molecular flexibility index (Phi) is 1.44. The van der Waals surface area contributed by atoms with Gasteiger partial charge in [0.15, 0.2) is 5.65 Å². The highest BCUT2D eigenvalue weighted by atomic mass is 35.5. The molecule has 0 bridgehead atoms. The zero-order valence-electron chi connectivity index (χ0n) is 6.34. The second-order valence-electron chi connectivity index (χ2n) is 2.56. The molecule has 12 heavy (non-hydrogen) atoms. The highest BCUT2D eigenvalue weighted by molar-refractivity contribution is 6.31. The van der Waals surface area contributed by atoms with Crippen LogP contribution in [0.5, 0.6) is 0 Å². The normalized spacial score (nSPS) is 10.8. The molecule has 4 nitrogen and oxygen atoms in total. The van der Waals surface area contributed by atoms with Gasteiger partial charge >= 0.3 is 5.69 Å². The number of aryl methyl sites for hydroxylation is 1. The van der Waals surface area contributed by atoms with Crippen LogP contribution in [-0.4, -0.2) is 14.6 Å². The Morgan fingerprint density at radius 1 is 1.67 bits per heavy atom. The molecule has 2 heterocycles. The Hall–Kier alpha value is -1.29. The van der Waals surface area contributed by atoms with Crippen molar-refractivity contribution in [3.05, 3.63) is 33.3 Å². The van der Waals surface area contributed by atoms with Gasteiger partial charge in [-0.2, -0.15) is 5.10 Å². The molecule has 0 aliphatic heterocycles. The standard InChI is InChI=1S/C7H6ClN3O/c1-4-3-11-6(2-5(4)8)9-10-7(11)12/h2-3H,1H3,(H,10,12). The van der Waals surface area contributed by atoms with Gasteiger partial charge in [0.2, 0.25) is 0 Å². The molecule has 0 aliphatic rings. The Balaban J connectivity index is 2.97. The van der Waals surface area contributed by atoms with Crippen LogP contribution in [-0.2, 0) is 0 Å². The van der Waals surface area contributed by atoms with Crippen molar-refractivity contribution in [1.82, 2.24) is 14.6 Å². The molecule has 0 radical (unpaired) electrons. The molecule has 0 fully saturated rings. The number of aromatic nitrogens is 3. The average molecular weight is 184 g/mol. The molecule has 0 aromatic carbocycles. The van der Waals surface area contributed by atoms with Gasteiger partial charge in [0, 0.05) is 17.3 Å². The lowest BCUT2D eigenvalue weighted by Gasteiger charge is -1.96. The van der Waals surface area contributed by atoms with Crippen LogP contribution in [0.1, 0.15) is 5.56 Å². The summed E-state index contributed by atoms with van der Waals surface area (Å²) in [5.74, 6) is 0. The van der Waals surface area contributed by atoms with Crippen molar-refractivity contribution in [2.75, 3.05) is 0 Å². The van der Waals surface area contributed by atoms with E-state index in [2.05, 4.69) is 10.2 Å². The van der Waals surface area contributed by atoms with Gasteiger partial charge in [-0.05, 0) is 12.5 Å². The molecule has 62 valence electrons. The van der Waals surface area contributed by atoms with Crippen molar-refractivity contribution in [1.29, 1.82) is 0 Å². The molecule has 0 aliphatic carbocycles. The number of rotatable bonds is 0. The maximum absolute atomic E-state index is 11.0. The van der Waals surface area contributed by atoms with E-state index < -0.39 is 0 Å². The fraction of sp³-hybridized carbons (Fsp3) is 0.143. The average Bonchev–Trinajstić information content (AvgIpc) is 2.35. The molecule has 0 saturated heterocycles. The van der Waals surface area contributed by atoms with Gasteiger partial charge in [0.25, 0.3) is 0 Å². The number of nitrogens with zero attached hydrogens (tertiary/aromatic N) is 2. The van der Waals surface area contributed by atoms with E-state index in [9.17, 15) is 4.79 Å². The summed E-state index contributed by atoms with van der Waals surface area (Å²) in [7, 11) is 0. The van der Waals surface area contributed by atoms with Crippen LogP contribution in [0.15, 0.2) is 17.1 Å². The predicted molar refractivity (Wildman–Crippen MR) is 45.6 cm³/mol. The number of pyridine rings is 1. The lowest BCUT2D eigenvalue weighted by molar-refractivity contribution is 1.02. The van der Waals surface area contributed by atoms with E-state index >= 15 is 0 Å². The first-order valence-electron chi connectivity index (χ1n) is 3.41. The van der Waals surface area contributed by atoms with Gasteiger partial charge in [0.1, 0.15) is 0 Å². The maximum atomic E-state index is 11.0. The second kappa shape index (κ2) is 2.35. The van der Waals surface area contributed by atoms with Crippen LogP contribution >= 0.6 is 11.6 Å². The summed E-state index contributed by atoms with van der Waals surface area (Å²) in [4.78, 5) is 11.0. The van der Waals surface area contributed by atoms with Crippen molar-refractivity contribution < 1.29 is 0 Å². The van der Waals surface area contributed by atoms with Crippen LogP contribution < -0.4 is 5.69 Å². The van der Waals surface area contributed by atoms with Crippen LogP contribution in [0.4, 0.5) is 0 Å². The summed E-state index contributed by atoms with van der Waals surface area (Å²) in [5.41, 5.74) is 1.15. The van der Waals surface area contributed by atoms with E-state index in [0.717, 1.165) is 5.56 Å². The molecular formula is C7H6ClN3O. The SMILES string of the molecule is Cc1cn2c(=O)[nH]nc2cc1Cl. The number of hydrogen-bond acceptors (Lipinski definition) is 2. The Morgan fingerprint density at radius 2 is 2.42 bits per heavy atom. The van der Waals surface area contributed by atoms with E-state index in [-0.39, 0.29) is 5.69 Å². The number of halogens is 1. The van der Waals surface area contributed by atoms with Crippen LogP contribution in [0, 0.1) is 6.92 Å². The lowest BCUT2D eigenvalue weighted by atomic mass is 10.3. The fourth-order valence-corrected chi connectivity index (χ4v) is 1.17. The Bertz CT molecular complexity index is 485. The summed E-state index contributed by atoms with van der Waals surface area (Å²) in [5, 5.41) is 6.70. The second-order valence-corrected chi connectivity index (χ2v) is 2.97. The monoisotopic (exact) mass is 183 g/mol. The van der Waals surface area contributed by atoms with Gasteiger partial charge in [-0.3, -0.25) is 4.40 Å². The minimum Gasteiger partial charge on any atom is -0.250 e. The molecule has 0 saturated carbocycles. The van der Waals surface area contributed by atoms with Crippen LogP contribution in [0.2, 0.25) is 5.02 Å². The summed E-state index contributed by atoms with van der Waals surface area (Å²) in [6.07, 6.45) is 1.66. The largest absolute Gasteiger partial charge is 0.347 e. The van der Waals surface area contributed by atoms with Crippen molar-refractivity contribution in [2.45, 2.75) is 6.92 Å². The van der Waals surface area contributed by atoms with E-state index in [0.29, 0.717) is 10.7 Å². The third kappa shape index (κ3) is 0.921. The van der Waals surface area contributed by atoms with Crippen molar-refractivity contribution >= 4 is 17.2 Å². The van der Waals surface area contributed by atoms with E-state index in [4.69, 9.17) is 11.6 Å². The highest BCUT2D eigenvalue weighted by Gasteiger charge is 2.02. The molecule has 0 unspecified atom stereocenters. The van der Waals surface area contributed by atoms with E-state index in [1.807, 2.05) is 6.92 Å².